The number of aromatic nitrogens is 2. The number of pyridine rings is 2. The van der Waals surface area contributed by atoms with Crippen molar-refractivity contribution >= 4 is 17.1 Å². The standard InChI is InChI=1S/C19H24FN5O/c1-2-25-11-14(10-23-25)16-9-17-15(5-3-8-22-17)18(24-16)26-13-19(20)6-4-7-21-12-19/h3,5,8-10,14,21H,2,4,6-7,11-13H2,1H3/t14?,19-/m0/s1. The maximum Gasteiger partial charge on any atom is 0.223 e. The molecule has 2 aromatic heterocycles. The van der Waals surface area contributed by atoms with Crippen LogP contribution in [0.5, 0.6) is 5.88 Å². The van der Waals surface area contributed by atoms with Crippen LogP contribution in [0.4, 0.5) is 4.39 Å². The number of hydrazone groups is 1. The van der Waals surface area contributed by atoms with Gasteiger partial charge in [0.2, 0.25) is 5.88 Å². The first-order valence-electron chi connectivity index (χ1n) is 9.24. The third-order valence-electron chi connectivity index (χ3n) is 5.03. The average Bonchev–Trinajstić information content (AvgIpc) is 3.16. The third kappa shape index (κ3) is 3.49. The van der Waals surface area contributed by atoms with Gasteiger partial charge in [-0.1, -0.05) is 0 Å². The van der Waals surface area contributed by atoms with E-state index in [4.69, 9.17) is 9.72 Å². The Morgan fingerprint density at radius 3 is 3.15 bits per heavy atom. The second-order valence-corrected chi connectivity index (χ2v) is 7.02. The Balaban J connectivity index is 1.61. The summed E-state index contributed by atoms with van der Waals surface area (Å²) >= 11 is 0. The summed E-state index contributed by atoms with van der Waals surface area (Å²) in [4.78, 5) is 9.14. The lowest BCUT2D eigenvalue weighted by Gasteiger charge is -2.29. The van der Waals surface area contributed by atoms with Gasteiger partial charge in [-0.15, -0.1) is 0 Å². The molecule has 2 aliphatic rings. The van der Waals surface area contributed by atoms with Gasteiger partial charge >= 0.3 is 0 Å². The van der Waals surface area contributed by atoms with E-state index >= 15 is 0 Å². The first-order valence-corrected chi connectivity index (χ1v) is 9.24. The lowest BCUT2D eigenvalue weighted by Crippen LogP contribution is -2.46. The number of rotatable bonds is 5. The number of ether oxygens (including phenoxy) is 1. The average molecular weight is 357 g/mol. The summed E-state index contributed by atoms with van der Waals surface area (Å²) in [6, 6.07) is 5.74. The molecule has 1 N–H and O–H groups in total. The van der Waals surface area contributed by atoms with Crippen molar-refractivity contribution in [3.05, 3.63) is 30.1 Å². The first kappa shape index (κ1) is 17.1. The molecule has 4 rings (SSSR count). The molecular weight excluding hydrogens is 333 g/mol. The van der Waals surface area contributed by atoms with E-state index in [1.165, 1.54) is 0 Å². The van der Waals surface area contributed by atoms with Gasteiger partial charge in [0.1, 0.15) is 6.61 Å². The third-order valence-corrected chi connectivity index (χ3v) is 5.03. The highest BCUT2D eigenvalue weighted by Gasteiger charge is 2.33. The van der Waals surface area contributed by atoms with E-state index in [1.54, 1.807) is 6.20 Å². The van der Waals surface area contributed by atoms with E-state index in [9.17, 15) is 4.39 Å². The van der Waals surface area contributed by atoms with Gasteiger partial charge in [0.25, 0.3) is 0 Å². The van der Waals surface area contributed by atoms with Crippen molar-refractivity contribution in [2.24, 2.45) is 5.10 Å². The first-order chi connectivity index (χ1) is 12.7. The van der Waals surface area contributed by atoms with E-state index in [2.05, 4.69) is 22.3 Å². The monoisotopic (exact) mass is 357 g/mol. The van der Waals surface area contributed by atoms with E-state index in [-0.39, 0.29) is 12.5 Å². The Hall–Kier alpha value is -2.28. The molecule has 0 spiro atoms. The maximum absolute atomic E-state index is 14.9. The van der Waals surface area contributed by atoms with E-state index < -0.39 is 5.67 Å². The molecule has 26 heavy (non-hydrogen) atoms. The van der Waals surface area contributed by atoms with Gasteiger partial charge in [-0.25, -0.2) is 9.37 Å². The van der Waals surface area contributed by atoms with Gasteiger partial charge in [-0.2, -0.15) is 5.10 Å². The number of hydrogen-bond acceptors (Lipinski definition) is 6. The number of piperidine rings is 1. The topological polar surface area (TPSA) is 62.6 Å². The fourth-order valence-electron chi connectivity index (χ4n) is 3.49. The van der Waals surface area contributed by atoms with Gasteiger partial charge in [0.05, 0.1) is 22.5 Å². The van der Waals surface area contributed by atoms with Crippen molar-refractivity contribution in [1.29, 1.82) is 0 Å². The number of alkyl halides is 1. The SMILES string of the molecule is CCN1CC(c2cc3ncccc3c(OC[C@]3(F)CCCNC3)n2)C=N1. The van der Waals surface area contributed by atoms with Crippen molar-refractivity contribution in [3.8, 4) is 5.88 Å². The summed E-state index contributed by atoms with van der Waals surface area (Å²) in [5, 5.41) is 10.3. The summed E-state index contributed by atoms with van der Waals surface area (Å²) in [6.45, 7) is 4.91. The van der Waals surface area contributed by atoms with Crippen LogP contribution < -0.4 is 10.1 Å². The van der Waals surface area contributed by atoms with Crippen LogP contribution in [0.15, 0.2) is 29.5 Å². The van der Waals surface area contributed by atoms with E-state index in [0.717, 1.165) is 42.7 Å². The van der Waals surface area contributed by atoms with Crippen LogP contribution in [0.25, 0.3) is 10.9 Å². The highest BCUT2D eigenvalue weighted by Crippen LogP contribution is 2.29. The van der Waals surface area contributed by atoms with E-state index in [0.29, 0.717) is 18.8 Å². The quantitative estimate of drug-likeness (QED) is 0.891. The number of nitrogens with zero attached hydrogens (tertiary/aromatic N) is 4. The predicted octanol–water partition coefficient (Wildman–Crippen LogP) is 2.51. The van der Waals surface area contributed by atoms with Crippen LogP contribution in [-0.2, 0) is 0 Å². The normalized spacial score (nSPS) is 25.8. The van der Waals surface area contributed by atoms with Crippen molar-refractivity contribution in [3.63, 3.8) is 0 Å². The Bertz CT molecular complexity index is 806. The molecule has 6 nitrogen and oxygen atoms in total. The Morgan fingerprint density at radius 2 is 2.38 bits per heavy atom. The highest BCUT2D eigenvalue weighted by molar-refractivity contribution is 5.84. The Kier molecular flexibility index (Phi) is 4.72. The van der Waals surface area contributed by atoms with Crippen LogP contribution >= 0.6 is 0 Å². The van der Waals surface area contributed by atoms with Crippen molar-refractivity contribution in [2.75, 3.05) is 32.8 Å². The molecule has 0 aromatic carbocycles. The Morgan fingerprint density at radius 1 is 1.46 bits per heavy atom. The number of halogens is 1. The molecule has 2 atom stereocenters. The zero-order valence-corrected chi connectivity index (χ0v) is 15.0. The molecule has 0 radical (unpaired) electrons. The molecule has 1 fully saturated rings. The minimum absolute atomic E-state index is 0.000286. The van der Waals surface area contributed by atoms with Crippen LogP contribution in [-0.4, -0.2) is 59.6 Å². The van der Waals surface area contributed by atoms with Crippen molar-refractivity contribution in [2.45, 2.75) is 31.4 Å². The smallest absolute Gasteiger partial charge is 0.223 e. The molecule has 138 valence electrons. The van der Waals surface area contributed by atoms with Gasteiger partial charge in [-0.3, -0.25) is 9.99 Å². The van der Waals surface area contributed by atoms with Gasteiger partial charge in [0, 0.05) is 32.0 Å². The summed E-state index contributed by atoms with van der Waals surface area (Å²) < 4.78 is 20.8. The van der Waals surface area contributed by atoms with Gasteiger partial charge in [0.15, 0.2) is 5.67 Å². The second-order valence-electron chi connectivity index (χ2n) is 7.02. The highest BCUT2D eigenvalue weighted by atomic mass is 19.1. The van der Waals surface area contributed by atoms with Crippen molar-refractivity contribution < 1.29 is 9.13 Å². The maximum atomic E-state index is 14.9. The zero-order chi connectivity index (χ0) is 18.0. The molecule has 7 heteroatoms. The molecule has 1 unspecified atom stereocenters. The fourth-order valence-corrected chi connectivity index (χ4v) is 3.49. The zero-order valence-electron chi connectivity index (χ0n) is 15.0. The molecular formula is C19H24FN5O. The fraction of sp³-hybridized carbons (Fsp3) is 0.526. The second kappa shape index (κ2) is 7.15. The van der Waals surface area contributed by atoms with Crippen LogP contribution in [0, 0.1) is 0 Å². The van der Waals surface area contributed by atoms with Gasteiger partial charge in [-0.05, 0) is 44.5 Å². The molecule has 0 aliphatic carbocycles. The van der Waals surface area contributed by atoms with Crippen LogP contribution in [0.1, 0.15) is 31.4 Å². The largest absolute Gasteiger partial charge is 0.474 e. The summed E-state index contributed by atoms with van der Waals surface area (Å²) in [5.74, 6) is 0.552. The predicted molar refractivity (Wildman–Crippen MR) is 99.5 cm³/mol. The molecule has 1 saturated heterocycles. The number of fused-ring (bicyclic) bond motifs is 1. The molecule has 0 saturated carbocycles. The molecule has 0 amide bonds. The lowest BCUT2D eigenvalue weighted by atomic mass is 9.97. The summed E-state index contributed by atoms with van der Waals surface area (Å²) in [5.41, 5.74) is 0.323. The Labute approximate surface area is 152 Å². The number of likely N-dealkylation sites (N-methyl/N-ethyl adjacent to an activating group) is 1. The summed E-state index contributed by atoms with van der Waals surface area (Å²) in [6.07, 6.45) is 4.99. The summed E-state index contributed by atoms with van der Waals surface area (Å²) in [7, 11) is 0. The lowest BCUT2D eigenvalue weighted by molar-refractivity contribution is 0.0580. The number of nitrogens with one attached hydrogen (secondary N) is 1. The molecule has 4 heterocycles. The molecule has 2 aromatic rings. The molecule has 0 bridgehead atoms. The van der Waals surface area contributed by atoms with Crippen LogP contribution in [0.3, 0.4) is 0 Å². The minimum Gasteiger partial charge on any atom is -0.474 e. The molecule has 2 aliphatic heterocycles. The van der Waals surface area contributed by atoms with Crippen molar-refractivity contribution in [1.82, 2.24) is 20.3 Å². The van der Waals surface area contributed by atoms with Gasteiger partial charge < -0.3 is 10.1 Å². The van der Waals surface area contributed by atoms with E-state index in [1.807, 2.05) is 29.4 Å². The minimum atomic E-state index is -1.35. The number of hydrogen-bond donors (Lipinski definition) is 1. The van der Waals surface area contributed by atoms with Crippen LogP contribution in [0.2, 0.25) is 0 Å².